The highest BCUT2D eigenvalue weighted by molar-refractivity contribution is 5.19. The van der Waals surface area contributed by atoms with E-state index in [2.05, 4.69) is 32.2 Å². The fraction of sp³-hybridized carbons (Fsp3) is 0.808. The molecule has 27 heavy (non-hydrogen) atoms. The number of hydrogen-bond acceptors (Lipinski definition) is 1. The van der Waals surface area contributed by atoms with Crippen LogP contribution in [0.4, 0.5) is 0 Å². The van der Waals surface area contributed by atoms with E-state index in [1.807, 2.05) is 19.4 Å². The number of rotatable bonds is 2. The number of hydrogen-bond donors (Lipinski definition) is 0. The molecule has 0 aromatic heterocycles. The van der Waals surface area contributed by atoms with Crippen LogP contribution in [0.3, 0.4) is 0 Å². The van der Waals surface area contributed by atoms with Crippen LogP contribution < -0.4 is 0 Å². The van der Waals surface area contributed by atoms with Crippen LogP contribution in [-0.4, -0.2) is 0 Å². The zero-order chi connectivity index (χ0) is 19.9. The number of fused-ring (bicyclic) bond motifs is 5. The summed E-state index contributed by atoms with van der Waals surface area (Å²) in [5.41, 5.74) is 2.21. The molecule has 6 unspecified atom stereocenters. The minimum absolute atomic E-state index is 0.352. The van der Waals surface area contributed by atoms with Crippen molar-refractivity contribution in [3.8, 4) is 6.07 Å². The molecule has 0 radical (unpaired) electrons. The predicted octanol–water partition coefficient (Wildman–Crippen LogP) is 8.09. The van der Waals surface area contributed by atoms with Gasteiger partial charge < -0.3 is 0 Å². The van der Waals surface area contributed by atoms with Gasteiger partial charge >= 0.3 is 0 Å². The SMILES string of the molecule is C=C.CC.CCCC12CCC3C4CCCC=C4CCC3C1CCCC2C#N. The molecule has 0 aromatic carbocycles. The maximum atomic E-state index is 9.85. The molecule has 0 aliphatic heterocycles. The molecule has 1 nitrogen and oxygen atoms in total. The fourth-order valence-corrected chi connectivity index (χ4v) is 7.45. The van der Waals surface area contributed by atoms with E-state index in [4.69, 9.17) is 0 Å². The number of allylic oxidation sites excluding steroid dienone is 2. The van der Waals surface area contributed by atoms with Crippen LogP contribution in [0.5, 0.6) is 0 Å². The van der Waals surface area contributed by atoms with Crippen LogP contribution in [0.15, 0.2) is 24.8 Å². The van der Waals surface area contributed by atoms with Crippen molar-refractivity contribution in [2.45, 2.75) is 97.8 Å². The van der Waals surface area contributed by atoms with Crippen LogP contribution in [0.25, 0.3) is 0 Å². The Morgan fingerprint density at radius 3 is 2.56 bits per heavy atom. The van der Waals surface area contributed by atoms with Gasteiger partial charge in [0.15, 0.2) is 0 Å². The average molecular weight is 370 g/mol. The Morgan fingerprint density at radius 1 is 1.07 bits per heavy atom. The lowest BCUT2D eigenvalue weighted by Gasteiger charge is -2.59. The normalized spacial score (nSPS) is 39.5. The molecular formula is C26H43N. The summed E-state index contributed by atoms with van der Waals surface area (Å²) in [6.45, 7) is 12.3. The summed E-state index contributed by atoms with van der Waals surface area (Å²) in [4.78, 5) is 0. The fourth-order valence-electron chi connectivity index (χ4n) is 7.45. The van der Waals surface area contributed by atoms with Crippen LogP contribution in [-0.2, 0) is 0 Å². The van der Waals surface area contributed by atoms with Gasteiger partial charge in [-0.15, -0.1) is 13.2 Å². The molecule has 6 atom stereocenters. The Labute approximate surface area is 169 Å². The van der Waals surface area contributed by atoms with Gasteiger partial charge in [0.2, 0.25) is 0 Å². The largest absolute Gasteiger partial charge is 0.198 e. The first-order valence-corrected chi connectivity index (χ1v) is 11.9. The Balaban J connectivity index is 0.000000614. The van der Waals surface area contributed by atoms with E-state index >= 15 is 0 Å². The summed E-state index contributed by atoms with van der Waals surface area (Å²) in [5.74, 6) is 4.03. The third kappa shape index (κ3) is 4.06. The lowest BCUT2D eigenvalue weighted by atomic mass is 9.45. The molecule has 4 aliphatic rings. The van der Waals surface area contributed by atoms with Gasteiger partial charge in [-0.25, -0.2) is 0 Å². The van der Waals surface area contributed by atoms with Crippen LogP contribution in [0, 0.1) is 46.3 Å². The van der Waals surface area contributed by atoms with Gasteiger partial charge in [0.25, 0.3) is 0 Å². The van der Waals surface area contributed by atoms with E-state index in [-0.39, 0.29) is 0 Å². The van der Waals surface area contributed by atoms with Crippen LogP contribution >= 0.6 is 0 Å². The molecule has 0 bridgehead atoms. The Morgan fingerprint density at radius 2 is 1.85 bits per heavy atom. The van der Waals surface area contributed by atoms with Crippen molar-refractivity contribution in [1.29, 1.82) is 5.26 Å². The van der Waals surface area contributed by atoms with Crippen LogP contribution in [0.1, 0.15) is 97.8 Å². The molecular weight excluding hydrogens is 326 g/mol. The minimum atomic E-state index is 0.352. The third-order valence-electron chi connectivity index (χ3n) is 8.21. The first-order valence-electron chi connectivity index (χ1n) is 11.9. The highest BCUT2D eigenvalue weighted by Crippen LogP contribution is 2.63. The molecule has 0 aromatic rings. The molecule has 0 spiro atoms. The van der Waals surface area contributed by atoms with E-state index in [1.165, 1.54) is 77.0 Å². The van der Waals surface area contributed by atoms with E-state index in [1.54, 1.807) is 0 Å². The first kappa shape index (κ1) is 22.3. The third-order valence-corrected chi connectivity index (χ3v) is 8.21. The molecule has 4 rings (SSSR count). The Bertz CT molecular complexity index is 527. The Hall–Kier alpha value is -1.03. The minimum Gasteiger partial charge on any atom is -0.198 e. The smallest absolute Gasteiger partial charge is 0.0661 e. The lowest BCUT2D eigenvalue weighted by molar-refractivity contribution is -0.0839. The summed E-state index contributed by atoms with van der Waals surface area (Å²) < 4.78 is 0. The summed E-state index contributed by atoms with van der Waals surface area (Å²) in [7, 11) is 0. The van der Waals surface area contributed by atoms with E-state index in [9.17, 15) is 5.26 Å². The first-order chi connectivity index (χ1) is 13.3. The van der Waals surface area contributed by atoms with Crippen molar-refractivity contribution in [1.82, 2.24) is 0 Å². The van der Waals surface area contributed by atoms with Gasteiger partial charge in [-0.3, -0.25) is 0 Å². The molecule has 3 saturated carbocycles. The second kappa shape index (κ2) is 10.5. The van der Waals surface area contributed by atoms with Gasteiger partial charge in [0.1, 0.15) is 0 Å². The van der Waals surface area contributed by atoms with E-state index in [0.29, 0.717) is 11.3 Å². The van der Waals surface area contributed by atoms with Crippen molar-refractivity contribution in [3.63, 3.8) is 0 Å². The van der Waals surface area contributed by atoms with E-state index in [0.717, 1.165) is 23.7 Å². The molecule has 152 valence electrons. The molecule has 0 amide bonds. The van der Waals surface area contributed by atoms with Gasteiger partial charge in [-0.05, 0) is 93.3 Å². The quantitative estimate of drug-likeness (QED) is 0.451. The van der Waals surface area contributed by atoms with Crippen molar-refractivity contribution in [2.24, 2.45) is 35.0 Å². The molecule has 4 aliphatic carbocycles. The summed E-state index contributed by atoms with van der Waals surface area (Å²) in [6.07, 6.45) is 18.9. The maximum absolute atomic E-state index is 9.85. The van der Waals surface area contributed by atoms with Crippen molar-refractivity contribution >= 4 is 0 Å². The monoisotopic (exact) mass is 369 g/mol. The number of nitriles is 1. The molecule has 0 heterocycles. The summed E-state index contributed by atoms with van der Waals surface area (Å²) in [6, 6.07) is 2.77. The van der Waals surface area contributed by atoms with E-state index < -0.39 is 0 Å². The Kier molecular flexibility index (Phi) is 8.65. The standard InChI is InChI=1S/C22H33N.C2H6.C2H4/c1-2-13-22-14-12-19-18-8-4-3-6-16(18)10-11-20(19)21(22)9-5-7-17(22)15-23;2*1-2/h6,17-21H,2-5,7-14H2,1H3;1-2H3;1-2H2. The van der Waals surface area contributed by atoms with Gasteiger partial charge in [0, 0.05) is 0 Å². The molecule has 3 fully saturated rings. The van der Waals surface area contributed by atoms with Gasteiger partial charge in [-0.1, -0.05) is 45.3 Å². The predicted molar refractivity (Wildman–Crippen MR) is 117 cm³/mol. The highest BCUT2D eigenvalue weighted by atomic mass is 14.6. The van der Waals surface area contributed by atoms with Gasteiger partial charge in [0.05, 0.1) is 12.0 Å². The molecule has 0 N–H and O–H groups in total. The lowest BCUT2D eigenvalue weighted by Crippen LogP contribution is -2.52. The number of nitrogens with zero attached hydrogens (tertiary/aromatic N) is 1. The summed E-state index contributed by atoms with van der Waals surface area (Å²) in [5, 5.41) is 9.85. The van der Waals surface area contributed by atoms with Crippen molar-refractivity contribution in [3.05, 3.63) is 24.8 Å². The van der Waals surface area contributed by atoms with Gasteiger partial charge in [-0.2, -0.15) is 5.26 Å². The molecule has 1 heteroatoms. The highest BCUT2D eigenvalue weighted by Gasteiger charge is 2.56. The van der Waals surface area contributed by atoms with Crippen LogP contribution in [0.2, 0.25) is 0 Å². The topological polar surface area (TPSA) is 23.8 Å². The maximum Gasteiger partial charge on any atom is 0.0661 e. The second-order valence-electron chi connectivity index (χ2n) is 8.92. The average Bonchev–Trinajstić information content (AvgIpc) is 2.75. The zero-order valence-electron chi connectivity index (χ0n) is 18.3. The van der Waals surface area contributed by atoms with Crippen molar-refractivity contribution in [2.75, 3.05) is 0 Å². The van der Waals surface area contributed by atoms with Crippen molar-refractivity contribution < 1.29 is 0 Å². The zero-order valence-corrected chi connectivity index (χ0v) is 18.3. The summed E-state index contributed by atoms with van der Waals surface area (Å²) >= 11 is 0. The second-order valence-corrected chi connectivity index (χ2v) is 8.92. The molecule has 0 saturated heterocycles.